The number of nitrogens with one attached hydrogen (secondary N) is 1. The monoisotopic (exact) mass is 301 g/mol. The third-order valence-corrected chi connectivity index (χ3v) is 3.06. The zero-order chi connectivity index (χ0) is 15.6. The van der Waals surface area contributed by atoms with E-state index in [2.05, 4.69) is 5.32 Å². The average molecular weight is 301 g/mol. The van der Waals surface area contributed by atoms with Gasteiger partial charge in [0.25, 0.3) is 0 Å². The van der Waals surface area contributed by atoms with Gasteiger partial charge >= 0.3 is 6.18 Å². The van der Waals surface area contributed by atoms with Crippen LogP contribution in [0, 0.1) is 11.6 Å². The number of alkyl halides is 3. The Kier molecular flexibility index (Phi) is 4.16. The molecule has 2 rings (SSSR count). The average Bonchev–Trinajstić information content (AvgIpc) is 2.42. The molecule has 0 spiro atoms. The molecule has 0 aromatic heterocycles. The first-order chi connectivity index (χ1) is 9.80. The van der Waals surface area contributed by atoms with Crippen molar-refractivity contribution in [2.45, 2.75) is 19.1 Å². The molecule has 0 heterocycles. The van der Waals surface area contributed by atoms with Crippen molar-refractivity contribution in [3.8, 4) is 0 Å². The summed E-state index contributed by atoms with van der Waals surface area (Å²) >= 11 is 0. The van der Waals surface area contributed by atoms with Gasteiger partial charge in [0.05, 0.1) is 5.56 Å². The van der Waals surface area contributed by atoms with Crippen molar-refractivity contribution >= 4 is 5.69 Å². The van der Waals surface area contributed by atoms with E-state index in [1.165, 1.54) is 31.2 Å². The number of anilines is 1. The molecular weight excluding hydrogens is 289 g/mol. The normalized spacial score (nSPS) is 13.0. The van der Waals surface area contributed by atoms with Crippen molar-refractivity contribution in [1.82, 2.24) is 0 Å². The molecule has 0 aliphatic rings. The van der Waals surface area contributed by atoms with Crippen molar-refractivity contribution in [1.29, 1.82) is 0 Å². The maximum absolute atomic E-state index is 13.5. The Morgan fingerprint density at radius 2 is 1.48 bits per heavy atom. The number of halogens is 5. The van der Waals surface area contributed by atoms with Crippen molar-refractivity contribution in [3.05, 3.63) is 65.2 Å². The minimum Gasteiger partial charge on any atom is -0.374 e. The standard InChI is InChI=1S/C15H12F5N/c1-9(21-14-12(16)7-4-8-13(14)17)10-5-2-3-6-11(10)15(18,19)20/h2-9,21H,1H3. The minimum absolute atomic E-state index is 0.0762. The summed E-state index contributed by atoms with van der Waals surface area (Å²) in [5, 5.41) is 2.46. The van der Waals surface area contributed by atoms with E-state index in [9.17, 15) is 22.0 Å². The fraction of sp³-hybridized carbons (Fsp3) is 0.200. The molecule has 1 atom stereocenters. The van der Waals surface area contributed by atoms with E-state index in [0.29, 0.717) is 0 Å². The fourth-order valence-electron chi connectivity index (χ4n) is 2.06. The molecule has 0 bridgehead atoms. The van der Waals surface area contributed by atoms with Crippen LogP contribution in [0.15, 0.2) is 42.5 Å². The van der Waals surface area contributed by atoms with Gasteiger partial charge < -0.3 is 5.32 Å². The lowest BCUT2D eigenvalue weighted by Gasteiger charge is -2.21. The zero-order valence-electron chi connectivity index (χ0n) is 11.0. The molecule has 1 N–H and O–H groups in total. The molecule has 0 fully saturated rings. The van der Waals surface area contributed by atoms with Crippen LogP contribution in [-0.4, -0.2) is 0 Å². The van der Waals surface area contributed by atoms with Crippen molar-refractivity contribution < 1.29 is 22.0 Å². The van der Waals surface area contributed by atoms with Gasteiger partial charge in [0.15, 0.2) is 0 Å². The van der Waals surface area contributed by atoms with Crippen LogP contribution in [0.2, 0.25) is 0 Å². The van der Waals surface area contributed by atoms with Crippen molar-refractivity contribution in [2.75, 3.05) is 5.32 Å². The molecule has 2 aromatic carbocycles. The summed E-state index contributed by atoms with van der Waals surface area (Å²) in [6, 6.07) is 7.27. The van der Waals surface area contributed by atoms with E-state index in [4.69, 9.17) is 0 Å². The highest BCUT2D eigenvalue weighted by Gasteiger charge is 2.34. The van der Waals surface area contributed by atoms with Gasteiger partial charge in [0.2, 0.25) is 0 Å². The predicted molar refractivity (Wildman–Crippen MR) is 69.8 cm³/mol. The molecule has 1 nitrogen and oxygen atoms in total. The number of para-hydroxylation sites is 1. The first-order valence-corrected chi connectivity index (χ1v) is 6.17. The number of benzene rings is 2. The largest absolute Gasteiger partial charge is 0.416 e. The van der Waals surface area contributed by atoms with Crippen LogP contribution in [0.1, 0.15) is 24.1 Å². The summed E-state index contributed by atoms with van der Waals surface area (Å²) in [6.45, 7) is 1.41. The molecule has 0 aliphatic heterocycles. The van der Waals surface area contributed by atoms with Gasteiger partial charge in [0.1, 0.15) is 17.3 Å². The highest BCUT2D eigenvalue weighted by atomic mass is 19.4. The summed E-state index contributed by atoms with van der Waals surface area (Å²) in [4.78, 5) is 0. The molecule has 6 heteroatoms. The van der Waals surface area contributed by atoms with Crippen LogP contribution in [0.25, 0.3) is 0 Å². The first kappa shape index (κ1) is 15.3. The van der Waals surface area contributed by atoms with Crippen LogP contribution in [0.4, 0.5) is 27.6 Å². The Balaban J connectivity index is 2.36. The molecule has 0 amide bonds. The van der Waals surface area contributed by atoms with E-state index in [1.807, 2.05) is 0 Å². The molecule has 0 radical (unpaired) electrons. The molecular formula is C15H12F5N. The minimum atomic E-state index is -4.53. The van der Waals surface area contributed by atoms with Gasteiger partial charge in [-0.3, -0.25) is 0 Å². The maximum atomic E-state index is 13.5. The van der Waals surface area contributed by atoms with E-state index in [1.54, 1.807) is 0 Å². The molecule has 0 aliphatic carbocycles. The summed E-state index contributed by atoms with van der Waals surface area (Å²) < 4.78 is 65.9. The summed E-state index contributed by atoms with van der Waals surface area (Å²) in [5.74, 6) is -1.71. The van der Waals surface area contributed by atoms with Gasteiger partial charge in [-0.15, -0.1) is 0 Å². The van der Waals surface area contributed by atoms with Gasteiger partial charge in [-0.05, 0) is 30.7 Å². The van der Waals surface area contributed by atoms with Crippen LogP contribution >= 0.6 is 0 Å². The quantitative estimate of drug-likeness (QED) is 0.772. The second kappa shape index (κ2) is 5.71. The molecule has 21 heavy (non-hydrogen) atoms. The molecule has 0 saturated carbocycles. The Hall–Kier alpha value is -2.11. The number of rotatable bonds is 3. The Labute approximate surface area is 118 Å². The second-order valence-electron chi connectivity index (χ2n) is 4.55. The maximum Gasteiger partial charge on any atom is 0.416 e. The van der Waals surface area contributed by atoms with Crippen LogP contribution in [-0.2, 0) is 6.18 Å². The van der Waals surface area contributed by atoms with E-state index < -0.39 is 35.1 Å². The van der Waals surface area contributed by atoms with Gasteiger partial charge in [-0.25, -0.2) is 8.78 Å². The van der Waals surface area contributed by atoms with E-state index >= 15 is 0 Å². The van der Waals surface area contributed by atoms with Gasteiger partial charge in [0, 0.05) is 6.04 Å². The van der Waals surface area contributed by atoms with Crippen LogP contribution in [0.5, 0.6) is 0 Å². The van der Waals surface area contributed by atoms with Crippen LogP contribution in [0.3, 0.4) is 0 Å². The molecule has 0 saturated heterocycles. The van der Waals surface area contributed by atoms with Crippen molar-refractivity contribution in [2.24, 2.45) is 0 Å². The van der Waals surface area contributed by atoms with Gasteiger partial charge in [-0.2, -0.15) is 13.2 Å². The summed E-state index contributed by atoms with van der Waals surface area (Å²) in [7, 11) is 0. The predicted octanol–water partition coefficient (Wildman–Crippen LogP) is 5.16. The van der Waals surface area contributed by atoms with Crippen LogP contribution < -0.4 is 5.32 Å². The fourth-order valence-corrected chi connectivity index (χ4v) is 2.06. The second-order valence-corrected chi connectivity index (χ2v) is 4.55. The lowest BCUT2D eigenvalue weighted by Crippen LogP contribution is -2.16. The number of hydrogen-bond acceptors (Lipinski definition) is 1. The van der Waals surface area contributed by atoms with Gasteiger partial charge in [-0.1, -0.05) is 24.3 Å². The number of hydrogen-bond donors (Lipinski definition) is 1. The third kappa shape index (κ3) is 3.32. The molecule has 2 aromatic rings. The van der Waals surface area contributed by atoms with E-state index in [0.717, 1.165) is 18.2 Å². The first-order valence-electron chi connectivity index (χ1n) is 6.17. The lowest BCUT2D eigenvalue weighted by atomic mass is 10.0. The molecule has 1 unspecified atom stereocenters. The summed E-state index contributed by atoms with van der Waals surface area (Å²) in [6.07, 6.45) is -4.53. The highest BCUT2D eigenvalue weighted by Crippen LogP contribution is 2.35. The third-order valence-electron chi connectivity index (χ3n) is 3.06. The van der Waals surface area contributed by atoms with E-state index in [-0.39, 0.29) is 5.56 Å². The smallest absolute Gasteiger partial charge is 0.374 e. The summed E-state index contributed by atoms with van der Waals surface area (Å²) in [5.41, 5.74) is -1.35. The lowest BCUT2D eigenvalue weighted by molar-refractivity contribution is -0.138. The zero-order valence-corrected chi connectivity index (χ0v) is 11.0. The Morgan fingerprint density at radius 1 is 0.905 bits per heavy atom. The Bertz CT molecular complexity index is 616. The van der Waals surface area contributed by atoms with Crippen molar-refractivity contribution in [3.63, 3.8) is 0 Å². The Morgan fingerprint density at radius 3 is 2.05 bits per heavy atom. The highest BCUT2D eigenvalue weighted by molar-refractivity contribution is 5.49. The SMILES string of the molecule is CC(Nc1c(F)cccc1F)c1ccccc1C(F)(F)F. The molecule has 112 valence electrons. The topological polar surface area (TPSA) is 12.0 Å².